The standard InChI is InChI=1S/C23H16N4O2.C2H6/c28-15-16-6-7-22-25-18(14-27(22)12-16)13-26-9-8-19-20(17-4-2-1-3-5-17)10-24-11-21(19)23(26)29;1-2/h1-12,14-15H,13H2;1-2H3. The quantitative estimate of drug-likeness (QED) is 0.406. The molecule has 31 heavy (non-hydrogen) atoms. The molecule has 0 aliphatic rings. The van der Waals surface area contributed by atoms with Crippen LogP contribution in [0, 0.1) is 0 Å². The Hall–Kier alpha value is -4.06. The first-order chi connectivity index (χ1) is 15.2. The van der Waals surface area contributed by atoms with Gasteiger partial charge in [-0.3, -0.25) is 14.6 Å². The zero-order chi connectivity index (χ0) is 21.8. The maximum atomic E-state index is 13.1. The van der Waals surface area contributed by atoms with Crippen LogP contribution >= 0.6 is 0 Å². The molecule has 0 atom stereocenters. The molecule has 0 unspecified atom stereocenters. The topological polar surface area (TPSA) is 69.3 Å². The van der Waals surface area contributed by atoms with Gasteiger partial charge in [0.1, 0.15) is 5.65 Å². The SMILES string of the molecule is CC.O=Cc1ccc2nc(Cn3ccc4c(-c5ccccc5)cncc4c3=O)cn2c1. The molecule has 0 aliphatic heterocycles. The lowest BCUT2D eigenvalue weighted by Crippen LogP contribution is -2.20. The number of rotatable bonds is 4. The Morgan fingerprint density at radius 1 is 0.935 bits per heavy atom. The molecule has 4 aromatic heterocycles. The number of aldehydes is 1. The lowest BCUT2D eigenvalue weighted by molar-refractivity contribution is 0.112. The van der Waals surface area contributed by atoms with Gasteiger partial charge in [-0.05, 0) is 29.1 Å². The number of carbonyl (C=O) groups is 1. The summed E-state index contributed by atoms with van der Waals surface area (Å²) in [6, 6.07) is 15.4. The molecule has 0 amide bonds. The molecule has 5 rings (SSSR count). The highest BCUT2D eigenvalue weighted by Gasteiger charge is 2.10. The highest BCUT2D eigenvalue weighted by molar-refractivity contribution is 5.95. The molecule has 0 N–H and O–H groups in total. The largest absolute Gasteiger partial charge is 0.309 e. The van der Waals surface area contributed by atoms with Crippen molar-refractivity contribution >= 4 is 22.7 Å². The van der Waals surface area contributed by atoms with E-state index in [0.717, 1.165) is 34.1 Å². The van der Waals surface area contributed by atoms with E-state index in [4.69, 9.17) is 0 Å². The summed E-state index contributed by atoms with van der Waals surface area (Å²) in [7, 11) is 0. The molecular weight excluding hydrogens is 388 g/mol. The van der Waals surface area contributed by atoms with Crippen LogP contribution in [0.4, 0.5) is 0 Å². The Bertz CT molecular complexity index is 1420. The van der Waals surface area contributed by atoms with Gasteiger partial charge in [-0.2, -0.15) is 0 Å². The summed E-state index contributed by atoms with van der Waals surface area (Å²) in [5.41, 5.74) is 3.88. The van der Waals surface area contributed by atoms with E-state index in [0.29, 0.717) is 17.5 Å². The summed E-state index contributed by atoms with van der Waals surface area (Å²) in [5.74, 6) is 0. The molecule has 0 radical (unpaired) electrons. The van der Waals surface area contributed by atoms with Crippen molar-refractivity contribution in [2.75, 3.05) is 0 Å². The smallest absolute Gasteiger partial charge is 0.260 e. The van der Waals surface area contributed by atoms with E-state index < -0.39 is 0 Å². The highest BCUT2D eigenvalue weighted by atomic mass is 16.1. The first-order valence-corrected chi connectivity index (χ1v) is 10.2. The molecule has 0 aliphatic carbocycles. The number of aromatic nitrogens is 4. The maximum absolute atomic E-state index is 13.1. The Morgan fingerprint density at radius 2 is 1.74 bits per heavy atom. The van der Waals surface area contributed by atoms with Crippen LogP contribution in [0.5, 0.6) is 0 Å². The number of fused-ring (bicyclic) bond motifs is 2. The van der Waals surface area contributed by atoms with Crippen molar-refractivity contribution in [2.24, 2.45) is 0 Å². The zero-order valence-electron chi connectivity index (χ0n) is 17.4. The number of imidazole rings is 1. The van der Waals surface area contributed by atoms with Crippen LogP contribution in [0.15, 0.2) is 84.3 Å². The molecule has 0 fully saturated rings. The van der Waals surface area contributed by atoms with Gasteiger partial charge in [0.2, 0.25) is 0 Å². The van der Waals surface area contributed by atoms with Crippen LogP contribution in [0.25, 0.3) is 27.5 Å². The van der Waals surface area contributed by atoms with Crippen molar-refractivity contribution in [1.29, 1.82) is 0 Å². The summed E-state index contributed by atoms with van der Waals surface area (Å²) < 4.78 is 3.42. The molecule has 1 aromatic carbocycles. The van der Waals surface area contributed by atoms with Gasteiger partial charge in [-0.1, -0.05) is 44.2 Å². The normalized spacial score (nSPS) is 10.6. The Kier molecular flexibility index (Phi) is 5.71. The van der Waals surface area contributed by atoms with Crippen LogP contribution < -0.4 is 5.56 Å². The lowest BCUT2D eigenvalue weighted by Gasteiger charge is -2.09. The van der Waals surface area contributed by atoms with Crippen molar-refractivity contribution < 1.29 is 4.79 Å². The van der Waals surface area contributed by atoms with Crippen molar-refractivity contribution in [2.45, 2.75) is 20.4 Å². The first-order valence-electron chi connectivity index (χ1n) is 10.2. The predicted molar refractivity (Wildman–Crippen MR) is 122 cm³/mol. The third-order valence-electron chi connectivity index (χ3n) is 4.98. The molecule has 0 saturated heterocycles. The van der Waals surface area contributed by atoms with E-state index in [1.165, 1.54) is 0 Å². The fourth-order valence-corrected chi connectivity index (χ4v) is 3.56. The van der Waals surface area contributed by atoms with Crippen LogP contribution in [-0.4, -0.2) is 25.2 Å². The van der Waals surface area contributed by atoms with Crippen LogP contribution in [-0.2, 0) is 6.54 Å². The van der Waals surface area contributed by atoms with E-state index in [-0.39, 0.29) is 5.56 Å². The van der Waals surface area contributed by atoms with Crippen LogP contribution in [0.2, 0.25) is 0 Å². The summed E-state index contributed by atoms with van der Waals surface area (Å²) in [4.78, 5) is 32.9. The molecule has 6 heteroatoms. The molecule has 6 nitrogen and oxygen atoms in total. The molecule has 4 heterocycles. The fraction of sp³-hybridized carbons (Fsp3) is 0.120. The number of nitrogens with zero attached hydrogens (tertiary/aromatic N) is 4. The molecule has 0 spiro atoms. The van der Waals surface area contributed by atoms with E-state index in [9.17, 15) is 9.59 Å². The van der Waals surface area contributed by atoms with Crippen LogP contribution in [0.3, 0.4) is 0 Å². The Morgan fingerprint density at radius 3 is 2.52 bits per heavy atom. The average molecular weight is 410 g/mol. The average Bonchev–Trinajstić information content (AvgIpc) is 3.24. The molecule has 0 bridgehead atoms. The number of hydrogen-bond donors (Lipinski definition) is 0. The van der Waals surface area contributed by atoms with Gasteiger partial charge in [0.25, 0.3) is 5.56 Å². The maximum Gasteiger partial charge on any atom is 0.260 e. The Balaban J connectivity index is 0.00000112. The Labute approximate surface area is 179 Å². The second kappa shape index (κ2) is 8.75. The number of pyridine rings is 3. The van der Waals surface area contributed by atoms with E-state index in [1.54, 1.807) is 45.9 Å². The highest BCUT2D eigenvalue weighted by Crippen LogP contribution is 2.25. The predicted octanol–water partition coefficient (Wildman–Crippen LogP) is 4.60. The van der Waals surface area contributed by atoms with Crippen molar-refractivity contribution in [3.05, 3.63) is 101 Å². The lowest BCUT2D eigenvalue weighted by atomic mass is 10.0. The van der Waals surface area contributed by atoms with Gasteiger partial charge in [0.15, 0.2) is 6.29 Å². The molecule has 0 saturated carbocycles. The minimum Gasteiger partial charge on any atom is -0.309 e. The summed E-state index contributed by atoms with van der Waals surface area (Å²) in [6.07, 6.45) is 9.53. The third-order valence-corrected chi connectivity index (χ3v) is 4.98. The van der Waals surface area contributed by atoms with E-state index in [2.05, 4.69) is 9.97 Å². The van der Waals surface area contributed by atoms with Crippen molar-refractivity contribution in [1.82, 2.24) is 18.9 Å². The van der Waals surface area contributed by atoms with Gasteiger partial charge in [-0.25, -0.2) is 4.98 Å². The molecule has 154 valence electrons. The summed E-state index contributed by atoms with van der Waals surface area (Å²) in [6.45, 7) is 4.34. The van der Waals surface area contributed by atoms with Crippen molar-refractivity contribution in [3.63, 3.8) is 0 Å². The molecule has 5 aromatic rings. The number of carbonyl (C=O) groups excluding carboxylic acids is 1. The fourth-order valence-electron chi connectivity index (χ4n) is 3.56. The first kappa shape index (κ1) is 20.2. The minimum absolute atomic E-state index is 0.113. The number of hydrogen-bond acceptors (Lipinski definition) is 4. The van der Waals surface area contributed by atoms with Gasteiger partial charge >= 0.3 is 0 Å². The van der Waals surface area contributed by atoms with Gasteiger partial charge in [0, 0.05) is 42.1 Å². The summed E-state index contributed by atoms with van der Waals surface area (Å²) >= 11 is 0. The van der Waals surface area contributed by atoms with Gasteiger partial charge in [-0.15, -0.1) is 0 Å². The summed E-state index contributed by atoms with van der Waals surface area (Å²) in [5, 5.41) is 1.44. The number of benzene rings is 1. The van der Waals surface area contributed by atoms with E-state index >= 15 is 0 Å². The van der Waals surface area contributed by atoms with Crippen LogP contribution in [0.1, 0.15) is 29.9 Å². The van der Waals surface area contributed by atoms with Gasteiger partial charge in [0.05, 0.1) is 17.6 Å². The second-order valence-electron chi connectivity index (χ2n) is 6.84. The second-order valence-corrected chi connectivity index (χ2v) is 6.84. The van der Waals surface area contributed by atoms with E-state index in [1.807, 2.05) is 56.4 Å². The zero-order valence-corrected chi connectivity index (χ0v) is 17.4. The molecular formula is C25H22N4O2. The minimum atomic E-state index is -0.113. The third kappa shape index (κ3) is 3.88. The van der Waals surface area contributed by atoms with Crippen molar-refractivity contribution in [3.8, 4) is 11.1 Å². The monoisotopic (exact) mass is 410 g/mol. The van der Waals surface area contributed by atoms with Gasteiger partial charge < -0.3 is 8.97 Å².